The first-order chi connectivity index (χ1) is 10.0. The van der Waals surface area contributed by atoms with Gasteiger partial charge in [0.2, 0.25) is 5.91 Å². The van der Waals surface area contributed by atoms with Gasteiger partial charge in [-0.15, -0.1) is 11.8 Å². The maximum Gasteiger partial charge on any atom is 0.234 e. The lowest BCUT2D eigenvalue weighted by atomic mass is 9.90. The van der Waals surface area contributed by atoms with Crippen molar-refractivity contribution in [1.82, 2.24) is 10.9 Å². The Balaban J connectivity index is 2.20. The molecule has 4 nitrogen and oxygen atoms in total. The van der Waals surface area contributed by atoms with Crippen molar-refractivity contribution in [1.29, 1.82) is 0 Å². The normalized spacial score (nSPS) is 22.9. The van der Waals surface area contributed by atoms with Crippen LogP contribution in [0, 0.1) is 5.92 Å². The summed E-state index contributed by atoms with van der Waals surface area (Å²) in [5.74, 6) is 1.24. The average molecular weight is 306 g/mol. The molecule has 2 N–H and O–H groups in total. The standard InChI is InChI=1S/C16H22N2O2S/c1-10(16-11(2)8-15(19)17-18-16)7-12-5-6-13(20-3)14(9-12)21-4/h5-7,9,11,16,18H,8H2,1-4H3,(H,17,19)/b10-7+. The van der Waals surface area contributed by atoms with E-state index < -0.39 is 0 Å². The van der Waals surface area contributed by atoms with E-state index in [0.29, 0.717) is 6.42 Å². The zero-order valence-electron chi connectivity index (χ0n) is 12.9. The Bertz CT molecular complexity index is 557. The number of hydrazine groups is 1. The van der Waals surface area contributed by atoms with Gasteiger partial charge < -0.3 is 4.74 Å². The largest absolute Gasteiger partial charge is 0.496 e. The van der Waals surface area contributed by atoms with Gasteiger partial charge in [-0.3, -0.25) is 10.2 Å². The van der Waals surface area contributed by atoms with Crippen LogP contribution in [0.1, 0.15) is 25.8 Å². The molecular weight excluding hydrogens is 284 g/mol. The van der Waals surface area contributed by atoms with Crippen LogP contribution < -0.4 is 15.6 Å². The van der Waals surface area contributed by atoms with Crippen molar-refractivity contribution in [3.8, 4) is 5.75 Å². The summed E-state index contributed by atoms with van der Waals surface area (Å²) < 4.78 is 5.34. The van der Waals surface area contributed by atoms with Crippen LogP contribution in [0.25, 0.3) is 6.08 Å². The monoisotopic (exact) mass is 306 g/mol. The van der Waals surface area contributed by atoms with Gasteiger partial charge in [0.05, 0.1) is 13.2 Å². The lowest BCUT2D eigenvalue weighted by molar-refractivity contribution is -0.125. The van der Waals surface area contributed by atoms with Crippen molar-refractivity contribution in [2.75, 3.05) is 13.4 Å². The predicted molar refractivity (Wildman–Crippen MR) is 87.3 cm³/mol. The molecule has 5 heteroatoms. The van der Waals surface area contributed by atoms with Gasteiger partial charge in [0.15, 0.2) is 0 Å². The van der Waals surface area contributed by atoms with Gasteiger partial charge in [-0.2, -0.15) is 0 Å². The highest BCUT2D eigenvalue weighted by Crippen LogP contribution is 2.29. The molecule has 2 atom stereocenters. The second-order valence-corrected chi connectivity index (χ2v) is 6.20. The first-order valence-electron chi connectivity index (χ1n) is 6.99. The zero-order chi connectivity index (χ0) is 15.4. The molecule has 1 heterocycles. The van der Waals surface area contributed by atoms with Gasteiger partial charge in [0.25, 0.3) is 0 Å². The van der Waals surface area contributed by atoms with Crippen LogP contribution in [0.3, 0.4) is 0 Å². The van der Waals surface area contributed by atoms with Crippen LogP contribution in [0.5, 0.6) is 5.75 Å². The Kier molecular flexibility index (Phi) is 5.31. The first kappa shape index (κ1) is 15.9. The molecule has 1 fully saturated rings. The van der Waals surface area contributed by atoms with Crippen LogP contribution in [-0.4, -0.2) is 25.3 Å². The van der Waals surface area contributed by atoms with Gasteiger partial charge in [-0.25, -0.2) is 5.43 Å². The number of benzene rings is 1. The third kappa shape index (κ3) is 3.80. The first-order valence-corrected chi connectivity index (χ1v) is 8.22. The van der Waals surface area contributed by atoms with Crippen LogP contribution in [0.4, 0.5) is 0 Å². The van der Waals surface area contributed by atoms with E-state index in [1.807, 2.05) is 18.4 Å². The van der Waals surface area contributed by atoms with E-state index in [1.54, 1.807) is 18.9 Å². The molecule has 0 saturated carbocycles. The van der Waals surface area contributed by atoms with Gasteiger partial charge >= 0.3 is 0 Å². The van der Waals surface area contributed by atoms with Crippen LogP contribution in [-0.2, 0) is 4.79 Å². The average Bonchev–Trinajstić information content (AvgIpc) is 2.46. The van der Waals surface area contributed by atoms with Crippen molar-refractivity contribution in [3.63, 3.8) is 0 Å². The molecular formula is C16H22N2O2S. The van der Waals surface area contributed by atoms with Gasteiger partial charge in [-0.1, -0.05) is 24.6 Å². The van der Waals surface area contributed by atoms with Crippen LogP contribution in [0.2, 0.25) is 0 Å². The number of hydrogen-bond acceptors (Lipinski definition) is 4. The van der Waals surface area contributed by atoms with Crippen molar-refractivity contribution in [2.45, 2.75) is 31.2 Å². The summed E-state index contributed by atoms with van der Waals surface area (Å²) in [6, 6.07) is 6.33. The minimum atomic E-state index is 0.0562. The molecule has 1 aliphatic heterocycles. The second-order valence-electron chi connectivity index (χ2n) is 5.35. The molecule has 2 unspecified atom stereocenters. The molecule has 1 aromatic rings. The number of carbonyl (C=O) groups excluding carboxylic acids is 1. The highest BCUT2D eigenvalue weighted by molar-refractivity contribution is 7.98. The Hall–Kier alpha value is -1.46. The smallest absolute Gasteiger partial charge is 0.234 e. The van der Waals surface area contributed by atoms with Crippen molar-refractivity contribution in [3.05, 3.63) is 29.3 Å². The Morgan fingerprint density at radius 2 is 2.24 bits per heavy atom. The summed E-state index contributed by atoms with van der Waals surface area (Å²) in [6.07, 6.45) is 4.75. The van der Waals surface area contributed by atoms with Gasteiger partial charge in [0, 0.05) is 11.3 Å². The fourth-order valence-corrected chi connectivity index (χ4v) is 3.23. The maximum atomic E-state index is 11.3. The third-order valence-electron chi connectivity index (χ3n) is 3.74. The van der Waals surface area contributed by atoms with Gasteiger partial charge in [-0.05, 0) is 36.8 Å². The van der Waals surface area contributed by atoms with E-state index in [0.717, 1.165) is 16.2 Å². The molecule has 21 heavy (non-hydrogen) atoms. The highest BCUT2D eigenvalue weighted by atomic mass is 32.2. The molecule has 0 spiro atoms. The minimum Gasteiger partial charge on any atom is -0.496 e. The molecule has 0 aromatic heterocycles. The maximum absolute atomic E-state index is 11.3. The molecule has 1 saturated heterocycles. The topological polar surface area (TPSA) is 50.4 Å². The summed E-state index contributed by atoms with van der Waals surface area (Å²) in [4.78, 5) is 12.5. The number of ether oxygens (including phenoxy) is 1. The summed E-state index contributed by atoms with van der Waals surface area (Å²) in [6.45, 7) is 4.18. The SMILES string of the molecule is COc1ccc(/C=C(\C)C2NNC(=O)CC2C)cc1SC. The number of nitrogens with one attached hydrogen (secondary N) is 2. The number of carbonyl (C=O) groups is 1. The van der Waals surface area contributed by atoms with E-state index in [2.05, 4.69) is 36.8 Å². The fraction of sp³-hybridized carbons (Fsp3) is 0.438. The molecule has 1 aliphatic rings. The summed E-state index contributed by atoms with van der Waals surface area (Å²) in [5.41, 5.74) is 8.16. The van der Waals surface area contributed by atoms with Crippen LogP contribution in [0.15, 0.2) is 28.7 Å². The van der Waals surface area contributed by atoms with Crippen LogP contribution >= 0.6 is 11.8 Å². The van der Waals surface area contributed by atoms with E-state index in [4.69, 9.17) is 4.74 Å². The fourth-order valence-electron chi connectivity index (χ4n) is 2.62. The summed E-state index contributed by atoms with van der Waals surface area (Å²) in [7, 11) is 1.69. The third-order valence-corrected chi connectivity index (χ3v) is 4.49. The Morgan fingerprint density at radius 1 is 1.48 bits per heavy atom. The molecule has 2 rings (SSSR count). The van der Waals surface area contributed by atoms with Gasteiger partial charge in [0.1, 0.15) is 5.75 Å². The van der Waals surface area contributed by atoms with Crippen molar-refractivity contribution >= 4 is 23.7 Å². The van der Waals surface area contributed by atoms with Crippen molar-refractivity contribution < 1.29 is 9.53 Å². The number of methoxy groups -OCH3 is 1. The zero-order valence-corrected chi connectivity index (χ0v) is 13.7. The van der Waals surface area contributed by atoms with E-state index >= 15 is 0 Å². The Labute approximate surface area is 130 Å². The highest BCUT2D eigenvalue weighted by Gasteiger charge is 2.26. The molecule has 114 valence electrons. The molecule has 0 radical (unpaired) electrons. The summed E-state index contributed by atoms with van der Waals surface area (Å²) in [5, 5.41) is 0. The number of amides is 1. The second kappa shape index (κ2) is 7.00. The number of rotatable bonds is 4. The minimum absolute atomic E-state index is 0.0562. The number of hydrogen-bond donors (Lipinski definition) is 2. The van der Waals surface area contributed by atoms with Crippen molar-refractivity contribution in [2.24, 2.45) is 5.92 Å². The lowest BCUT2D eigenvalue weighted by Crippen LogP contribution is -2.53. The Morgan fingerprint density at radius 3 is 2.86 bits per heavy atom. The van der Waals surface area contributed by atoms with E-state index in [-0.39, 0.29) is 17.9 Å². The van der Waals surface area contributed by atoms with E-state index in [9.17, 15) is 4.79 Å². The summed E-state index contributed by atoms with van der Waals surface area (Å²) >= 11 is 1.67. The number of thioether (sulfide) groups is 1. The quantitative estimate of drug-likeness (QED) is 0.840. The lowest BCUT2D eigenvalue weighted by Gasteiger charge is -2.30. The molecule has 0 bridgehead atoms. The predicted octanol–water partition coefficient (Wildman–Crippen LogP) is 2.85. The molecule has 0 aliphatic carbocycles. The molecule has 1 aromatic carbocycles. The van der Waals surface area contributed by atoms with E-state index in [1.165, 1.54) is 5.57 Å². The molecule has 1 amide bonds.